The quantitative estimate of drug-likeness (QED) is 0.757. The van der Waals surface area contributed by atoms with Crippen molar-refractivity contribution >= 4 is 6.01 Å². The third-order valence-corrected chi connectivity index (χ3v) is 2.84. The SMILES string of the molecule is OCc1coc(N2CCC(CO)CC2)n1. The Hall–Kier alpha value is -1.07. The first-order chi connectivity index (χ1) is 7.33. The van der Waals surface area contributed by atoms with E-state index in [1.807, 2.05) is 4.90 Å². The van der Waals surface area contributed by atoms with Crippen LogP contribution in [0.1, 0.15) is 18.5 Å². The Balaban J connectivity index is 1.95. The number of hydrogen-bond donors (Lipinski definition) is 2. The Morgan fingerprint density at radius 2 is 2.13 bits per heavy atom. The zero-order chi connectivity index (χ0) is 10.7. The van der Waals surface area contributed by atoms with E-state index < -0.39 is 0 Å². The number of hydrogen-bond acceptors (Lipinski definition) is 5. The molecule has 0 radical (unpaired) electrons. The summed E-state index contributed by atoms with van der Waals surface area (Å²) in [5, 5.41) is 17.9. The maximum absolute atomic E-state index is 9.00. The number of aliphatic hydroxyl groups excluding tert-OH is 2. The topological polar surface area (TPSA) is 69.7 Å². The molecule has 0 atom stereocenters. The van der Waals surface area contributed by atoms with Crippen LogP contribution in [0.4, 0.5) is 6.01 Å². The highest BCUT2D eigenvalue weighted by Gasteiger charge is 2.21. The third-order valence-electron chi connectivity index (χ3n) is 2.84. The molecular weight excluding hydrogens is 196 g/mol. The van der Waals surface area contributed by atoms with Gasteiger partial charge >= 0.3 is 0 Å². The van der Waals surface area contributed by atoms with Gasteiger partial charge in [-0.05, 0) is 18.8 Å². The average Bonchev–Trinajstić information content (AvgIpc) is 2.78. The summed E-state index contributed by atoms with van der Waals surface area (Å²) in [4.78, 5) is 6.20. The molecule has 2 N–H and O–H groups in total. The van der Waals surface area contributed by atoms with Crippen LogP contribution in [0.2, 0.25) is 0 Å². The number of aromatic nitrogens is 1. The summed E-state index contributed by atoms with van der Waals surface area (Å²) in [6.07, 6.45) is 3.41. The van der Waals surface area contributed by atoms with Gasteiger partial charge in [0.25, 0.3) is 6.01 Å². The van der Waals surface area contributed by atoms with Gasteiger partial charge in [-0.15, -0.1) is 0 Å². The molecule has 2 heterocycles. The maximum atomic E-state index is 9.00. The van der Waals surface area contributed by atoms with Crippen LogP contribution >= 0.6 is 0 Å². The van der Waals surface area contributed by atoms with E-state index in [-0.39, 0.29) is 13.2 Å². The molecule has 1 fully saturated rings. The molecule has 84 valence electrons. The lowest BCUT2D eigenvalue weighted by Gasteiger charge is -2.29. The van der Waals surface area contributed by atoms with Crippen molar-refractivity contribution in [3.05, 3.63) is 12.0 Å². The monoisotopic (exact) mass is 212 g/mol. The minimum atomic E-state index is -0.0867. The van der Waals surface area contributed by atoms with Gasteiger partial charge in [0, 0.05) is 19.7 Å². The fourth-order valence-electron chi connectivity index (χ4n) is 1.82. The van der Waals surface area contributed by atoms with Gasteiger partial charge in [0.05, 0.1) is 6.61 Å². The van der Waals surface area contributed by atoms with Gasteiger partial charge in [-0.1, -0.05) is 0 Å². The van der Waals surface area contributed by atoms with Gasteiger partial charge in [-0.2, -0.15) is 4.98 Å². The van der Waals surface area contributed by atoms with Crippen LogP contribution in [-0.4, -0.2) is 34.9 Å². The Labute approximate surface area is 88.3 Å². The van der Waals surface area contributed by atoms with Crippen molar-refractivity contribution in [2.75, 3.05) is 24.6 Å². The predicted molar refractivity (Wildman–Crippen MR) is 54.4 cm³/mol. The molecule has 1 aliphatic heterocycles. The Kier molecular flexibility index (Phi) is 3.23. The summed E-state index contributed by atoms with van der Waals surface area (Å²) in [5.74, 6) is 0.411. The molecule has 5 heteroatoms. The molecule has 0 spiro atoms. The van der Waals surface area contributed by atoms with E-state index in [4.69, 9.17) is 14.6 Å². The summed E-state index contributed by atoms with van der Waals surface area (Å²) >= 11 is 0. The van der Waals surface area contributed by atoms with Gasteiger partial charge in [0.15, 0.2) is 0 Å². The smallest absolute Gasteiger partial charge is 0.297 e. The number of piperidine rings is 1. The van der Waals surface area contributed by atoms with Crippen LogP contribution < -0.4 is 4.90 Å². The van der Waals surface area contributed by atoms with Crippen LogP contribution in [0.25, 0.3) is 0 Å². The second kappa shape index (κ2) is 4.63. The normalized spacial score (nSPS) is 18.4. The van der Waals surface area contributed by atoms with E-state index in [0.717, 1.165) is 25.9 Å². The molecule has 1 aliphatic rings. The van der Waals surface area contributed by atoms with E-state index >= 15 is 0 Å². The van der Waals surface area contributed by atoms with Gasteiger partial charge in [0.2, 0.25) is 0 Å². The highest BCUT2D eigenvalue weighted by Crippen LogP contribution is 2.22. The molecule has 15 heavy (non-hydrogen) atoms. The van der Waals surface area contributed by atoms with Crippen molar-refractivity contribution in [1.29, 1.82) is 0 Å². The van der Waals surface area contributed by atoms with Crippen molar-refractivity contribution in [3.8, 4) is 0 Å². The molecule has 2 rings (SSSR count). The van der Waals surface area contributed by atoms with Gasteiger partial charge in [-0.25, -0.2) is 0 Å². The van der Waals surface area contributed by atoms with Crippen LogP contribution in [-0.2, 0) is 6.61 Å². The van der Waals surface area contributed by atoms with Crippen LogP contribution in [0, 0.1) is 5.92 Å². The molecule has 0 saturated carbocycles. The lowest BCUT2D eigenvalue weighted by atomic mass is 9.98. The number of rotatable bonds is 3. The number of anilines is 1. The van der Waals surface area contributed by atoms with E-state index in [2.05, 4.69) is 4.98 Å². The highest BCUT2D eigenvalue weighted by molar-refractivity contribution is 5.27. The molecule has 0 amide bonds. The van der Waals surface area contributed by atoms with Crippen molar-refractivity contribution in [1.82, 2.24) is 4.98 Å². The zero-order valence-corrected chi connectivity index (χ0v) is 8.59. The second-order valence-corrected chi connectivity index (χ2v) is 3.89. The fraction of sp³-hybridized carbons (Fsp3) is 0.700. The second-order valence-electron chi connectivity index (χ2n) is 3.89. The summed E-state index contributed by atoms with van der Waals surface area (Å²) in [6.45, 7) is 1.89. The summed E-state index contributed by atoms with van der Waals surface area (Å²) in [7, 11) is 0. The molecular formula is C10H16N2O3. The van der Waals surface area contributed by atoms with E-state index in [1.54, 1.807) is 0 Å². The molecule has 1 aromatic rings. The minimum absolute atomic E-state index is 0.0867. The Morgan fingerprint density at radius 3 is 2.67 bits per heavy atom. The predicted octanol–water partition coefficient (Wildman–Crippen LogP) is 0.376. The van der Waals surface area contributed by atoms with Crippen molar-refractivity contribution in [2.24, 2.45) is 5.92 Å². The van der Waals surface area contributed by atoms with Crippen LogP contribution in [0.15, 0.2) is 10.7 Å². The molecule has 1 saturated heterocycles. The Bertz CT molecular complexity index is 305. The maximum Gasteiger partial charge on any atom is 0.297 e. The molecule has 0 aromatic carbocycles. The van der Waals surface area contributed by atoms with Gasteiger partial charge in [-0.3, -0.25) is 0 Å². The van der Waals surface area contributed by atoms with Crippen LogP contribution in [0.3, 0.4) is 0 Å². The number of nitrogens with zero attached hydrogens (tertiary/aromatic N) is 2. The lowest BCUT2D eigenvalue weighted by molar-refractivity contribution is 0.201. The largest absolute Gasteiger partial charge is 0.432 e. The summed E-state index contributed by atoms with van der Waals surface area (Å²) < 4.78 is 5.26. The average molecular weight is 212 g/mol. The van der Waals surface area contributed by atoms with E-state index in [0.29, 0.717) is 17.6 Å². The Morgan fingerprint density at radius 1 is 1.40 bits per heavy atom. The third kappa shape index (κ3) is 2.30. The van der Waals surface area contributed by atoms with Gasteiger partial charge < -0.3 is 19.5 Å². The molecule has 1 aromatic heterocycles. The zero-order valence-electron chi connectivity index (χ0n) is 8.59. The number of aliphatic hydroxyl groups is 2. The van der Waals surface area contributed by atoms with Crippen molar-refractivity contribution in [3.63, 3.8) is 0 Å². The standard InChI is InChI=1S/C10H16N2O3/c13-5-8-1-3-12(4-2-8)10-11-9(6-14)7-15-10/h7-8,13-14H,1-6H2. The molecule has 0 unspecified atom stereocenters. The van der Waals surface area contributed by atoms with Gasteiger partial charge in [0.1, 0.15) is 12.0 Å². The molecule has 0 bridgehead atoms. The number of oxazole rings is 1. The van der Waals surface area contributed by atoms with Crippen molar-refractivity contribution < 1.29 is 14.6 Å². The lowest BCUT2D eigenvalue weighted by Crippen LogP contribution is -2.34. The molecule has 5 nitrogen and oxygen atoms in total. The van der Waals surface area contributed by atoms with Crippen LogP contribution in [0.5, 0.6) is 0 Å². The molecule has 0 aliphatic carbocycles. The van der Waals surface area contributed by atoms with E-state index in [9.17, 15) is 0 Å². The summed E-state index contributed by atoms with van der Waals surface area (Å²) in [5.41, 5.74) is 0.564. The summed E-state index contributed by atoms with van der Waals surface area (Å²) in [6, 6.07) is 0.579. The first-order valence-electron chi connectivity index (χ1n) is 5.24. The first-order valence-corrected chi connectivity index (χ1v) is 5.24. The van der Waals surface area contributed by atoms with Crippen molar-refractivity contribution in [2.45, 2.75) is 19.4 Å². The minimum Gasteiger partial charge on any atom is -0.432 e. The highest BCUT2D eigenvalue weighted by atomic mass is 16.4. The fourth-order valence-corrected chi connectivity index (χ4v) is 1.82. The first kappa shape index (κ1) is 10.4. The van der Waals surface area contributed by atoms with E-state index in [1.165, 1.54) is 6.26 Å².